The molecule has 7 heteroatoms. The van der Waals surface area contributed by atoms with Crippen molar-refractivity contribution in [2.75, 3.05) is 25.4 Å². The Kier molecular flexibility index (Phi) is 8.25. The lowest BCUT2D eigenvalue weighted by atomic mass is 9.98. The lowest BCUT2D eigenvalue weighted by molar-refractivity contribution is 0.0274. The van der Waals surface area contributed by atoms with Crippen LogP contribution in [0.2, 0.25) is 0 Å². The Labute approximate surface area is 113 Å². The second-order valence-corrected chi connectivity index (χ2v) is 7.95. The van der Waals surface area contributed by atoms with Gasteiger partial charge in [-0.05, 0) is 36.6 Å². The maximum atomic E-state index is 10.4. The molecule has 0 saturated heterocycles. The Hall–Kier alpha value is 0.180. The molecule has 1 aliphatic rings. The predicted octanol–water partition coefficient (Wildman–Crippen LogP) is 1.85. The summed E-state index contributed by atoms with van der Waals surface area (Å²) in [4.78, 5) is 0. The van der Waals surface area contributed by atoms with Crippen LogP contribution in [0.25, 0.3) is 0 Å². The van der Waals surface area contributed by atoms with Gasteiger partial charge in [0.05, 0.1) is 6.10 Å². The summed E-state index contributed by atoms with van der Waals surface area (Å²) in [5.74, 6) is 0.363. The molecule has 0 bridgehead atoms. The molecule has 0 aromatic rings. The van der Waals surface area contributed by atoms with Gasteiger partial charge in [-0.2, -0.15) is 8.42 Å². The average molecular weight is 297 g/mol. The molecule has 0 heterocycles. The summed E-state index contributed by atoms with van der Waals surface area (Å²) in [5.41, 5.74) is 0. The molecule has 0 radical (unpaired) electrons. The summed E-state index contributed by atoms with van der Waals surface area (Å²) < 4.78 is 35.1. The van der Waals surface area contributed by atoms with Gasteiger partial charge in [-0.3, -0.25) is 4.55 Å². The summed E-state index contributed by atoms with van der Waals surface area (Å²) in [6, 6.07) is 0. The largest absolute Gasteiger partial charge is 0.378 e. The zero-order valence-corrected chi connectivity index (χ0v) is 12.3. The van der Waals surface area contributed by atoms with E-state index < -0.39 is 9.15 Å². The van der Waals surface area contributed by atoms with Crippen molar-refractivity contribution < 1.29 is 17.7 Å². The normalized spacial score (nSPS) is 18.1. The van der Waals surface area contributed by atoms with Gasteiger partial charge in [-0.15, -0.1) is 0 Å². The molecule has 1 aliphatic carbocycles. The highest BCUT2D eigenvalue weighted by Gasteiger charge is 2.12. The zero-order valence-electron chi connectivity index (χ0n) is 10.6. The number of nitrogens with one attached hydrogen (secondary N) is 1. The average Bonchev–Trinajstić information content (AvgIpc) is 2.32. The van der Waals surface area contributed by atoms with E-state index in [1.165, 1.54) is 32.1 Å². The van der Waals surface area contributed by atoms with Crippen molar-refractivity contribution in [1.82, 2.24) is 5.32 Å². The van der Waals surface area contributed by atoms with Gasteiger partial charge in [0.25, 0.3) is 0 Å². The molecular formula is C11H23NO4S2. The number of ether oxygens (including phenoxy) is 1. The van der Waals surface area contributed by atoms with Crippen LogP contribution in [0.15, 0.2) is 0 Å². The molecule has 1 fully saturated rings. The molecule has 1 rings (SSSR count). The third-order valence-corrected chi connectivity index (χ3v) is 4.98. The molecule has 0 spiro atoms. The van der Waals surface area contributed by atoms with Gasteiger partial charge < -0.3 is 10.1 Å². The lowest BCUT2D eigenvalue weighted by Gasteiger charge is -2.21. The molecule has 2 N–H and O–H groups in total. The van der Waals surface area contributed by atoms with Crippen LogP contribution in [0, 0.1) is 0 Å². The monoisotopic (exact) mass is 297 g/mol. The SMILES string of the molecule is O=S(=O)(O)SCCNCCCOC1CCCCC1. The molecule has 0 atom stereocenters. The molecular weight excluding hydrogens is 274 g/mol. The van der Waals surface area contributed by atoms with Gasteiger partial charge in [0.1, 0.15) is 0 Å². The van der Waals surface area contributed by atoms with Gasteiger partial charge in [0, 0.05) is 18.9 Å². The maximum absolute atomic E-state index is 10.4. The van der Waals surface area contributed by atoms with E-state index >= 15 is 0 Å². The Morgan fingerprint density at radius 3 is 2.61 bits per heavy atom. The van der Waals surface area contributed by atoms with Crippen LogP contribution in [-0.2, 0) is 13.9 Å². The molecule has 0 aliphatic heterocycles. The highest BCUT2D eigenvalue weighted by Crippen LogP contribution is 2.20. The predicted molar refractivity (Wildman–Crippen MR) is 74.3 cm³/mol. The first-order valence-electron chi connectivity index (χ1n) is 6.52. The van der Waals surface area contributed by atoms with E-state index in [9.17, 15) is 8.42 Å². The quantitative estimate of drug-likeness (QED) is 0.384. The van der Waals surface area contributed by atoms with Crippen LogP contribution in [-0.4, -0.2) is 44.5 Å². The van der Waals surface area contributed by atoms with Gasteiger partial charge >= 0.3 is 9.15 Å². The van der Waals surface area contributed by atoms with E-state index in [-0.39, 0.29) is 0 Å². The zero-order chi connectivity index (χ0) is 13.3. The second-order valence-electron chi connectivity index (χ2n) is 4.48. The van der Waals surface area contributed by atoms with Gasteiger partial charge in [-0.1, -0.05) is 19.3 Å². The first-order valence-corrected chi connectivity index (χ1v) is 9.46. The van der Waals surface area contributed by atoms with Gasteiger partial charge in [0.15, 0.2) is 0 Å². The second kappa shape index (κ2) is 9.14. The van der Waals surface area contributed by atoms with Crippen molar-refractivity contribution in [3.05, 3.63) is 0 Å². The number of rotatable bonds is 9. The Balaban J connectivity index is 1.83. The first-order chi connectivity index (χ1) is 8.58. The van der Waals surface area contributed by atoms with Crippen molar-refractivity contribution in [1.29, 1.82) is 0 Å². The smallest absolute Gasteiger partial charge is 0.319 e. The summed E-state index contributed by atoms with van der Waals surface area (Å²) in [6.45, 7) is 2.16. The third kappa shape index (κ3) is 9.16. The topological polar surface area (TPSA) is 75.6 Å². The standard InChI is InChI=1S/C11H23NO4S2/c13-18(14,15)17-10-8-12-7-4-9-16-11-5-2-1-3-6-11/h11-12H,1-10H2,(H,13,14,15). The van der Waals surface area contributed by atoms with Crippen LogP contribution in [0.5, 0.6) is 0 Å². The fourth-order valence-electron chi connectivity index (χ4n) is 2.02. The van der Waals surface area contributed by atoms with E-state index in [2.05, 4.69) is 5.32 Å². The fourth-order valence-corrected chi connectivity index (χ4v) is 3.34. The molecule has 0 unspecified atom stereocenters. The van der Waals surface area contributed by atoms with Gasteiger partial charge in [-0.25, -0.2) is 0 Å². The van der Waals surface area contributed by atoms with E-state index in [0.29, 0.717) is 29.2 Å². The minimum atomic E-state index is -3.88. The third-order valence-electron chi connectivity index (χ3n) is 2.91. The first kappa shape index (κ1) is 16.2. The molecule has 0 aromatic carbocycles. The Morgan fingerprint density at radius 2 is 1.94 bits per heavy atom. The van der Waals surface area contributed by atoms with Crippen molar-refractivity contribution in [3.63, 3.8) is 0 Å². The van der Waals surface area contributed by atoms with Crippen LogP contribution >= 0.6 is 10.8 Å². The molecule has 0 amide bonds. The summed E-state index contributed by atoms with van der Waals surface area (Å²) in [7, 11) is -3.33. The van der Waals surface area contributed by atoms with Crippen molar-refractivity contribution in [2.45, 2.75) is 44.6 Å². The minimum Gasteiger partial charge on any atom is -0.378 e. The number of hydrogen-bond donors (Lipinski definition) is 2. The molecule has 5 nitrogen and oxygen atoms in total. The summed E-state index contributed by atoms with van der Waals surface area (Å²) in [6.07, 6.45) is 7.69. The van der Waals surface area contributed by atoms with E-state index in [4.69, 9.17) is 9.29 Å². The lowest BCUT2D eigenvalue weighted by Crippen LogP contribution is -2.22. The van der Waals surface area contributed by atoms with Crippen molar-refractivity contribution in [3.8, 4) is 0 Å². The summed E-state index contributed by atoms with van der Waals surface area (Å²) in [5, 5.41) is 3.12. The molecule has 0 aromatic heterocycles. The molecule has 18 heavy (non-hydrogen) atoms. The van der Waals surface area contributed by atoms with E-state index in [1.54, 1.807) is 0 Å². The number of hydrogen-bond acceptors (Lipinski definition) is 5. The fraction of sp³-hybridized carbons (Fsp3) is 1.00. The molecule has 1 saturated carbocycles. The van der Waals surface area contributed by atoms with Crippen molar-refractivity contribution >= 4 is 19.9 Å². The van der Waals surface area contributed by atoms with Crippen LogP contribution in [0.1, 0.15) is 38.5 Å². The highest BCUT2D eigenvalue weighted by molar-refractivity contribution is 8.69. The van der Waals surface area contributed by atoms with Gasteiger partial charge in [0.2, 0.25) is 0 Å². The summed E-state index contributed by atoms with van der Waals surface area (Å²) >= 11 is 0. The Bertz CT molecular complexity index is 302. The van der Waals surface area contributed by atoms with Crippen LogP contribution < -0.4 is 5.32 Å². The minimum absolute atomic E-state index is 0.363. The van der Waals surface area contributed by atoms with E-state index in [0.717, 1.165) is 19.6 Å². The van der Waals surface area contributed by atoms with E-state index in [1.807, 2.05) is 0 Å². The highest BCUT2D eigenvalue weighted by atomic mass is 33.1. The maximum Gasteiger partial charge on any atom is 0.319 e. The molecule has 108 valence electrons. The van der Waals surface area contributed by atoms with Crippen molar-refractivity contribution in [2.24, 2.45) is 0 Å². The van der Waals surface area contributed by atoms with Crippen LogP contribution in [0.3, 0.4) is 0 Å². The van der Waals surface area contributed by atoms with Crippen LogP contribution in [0.4, 0.5) is 0 Å². The Morgan fingerprint density at radius 1 is 1.22 bits per heavy atom.